The van der Waals surface area contributed by atoms with Gasteiger partial charge in [0.2, 0.25) is 5.78 Å². The van der Waals surface area contributed by atoms with Crippen LogP contribution in [0.5, 0.6) is 0 Å². The number of aliphatic imine (C=N–C) groups is 1. The van der Waals surface area contributed by atoms with Crippen molar-refractivity contribution in [2.75, 3.05) is 13.7 Å². The number of nitrogens with two attached hydrogens (primary N) is 2. The number of alkyl halides is 3. The van der Waals surface area contributed by atoms with Crippen molar-refractivity contribution in [3.05, 3.63) is 40.3 Å². The summed E-state index contributed by atoms with van der Waals surface area (Å²) < 4.78 is 42.6. The molecule has 11 heteroatoms. The Balaban J connectivity index is 2.99. The molecule has 0 aliphatic carbocycles. The van der Waals surface area contributed by atoms with E-state index in [2.05, 4.69) is 14.7 Å². The van der Waals surface area contributed by atoms with Gasteiger partial charge >= 0.3 is 12.1 Å². The van der Waals surface area contributed by atoms with Crippen LogP contribution in [0.2, 0.25) is 5.02 Å². The van der Waals surface area contributed by atoms with E-state index in [4.69, 9.17) is 23.1 Å². The van der Waals surface area contributed by atoms with Crippen LogP contribution in [-0.2, 0) is 9.53 Å². The molecule has 0 fully saturated rings. The van der Waals surface area contributed by atoms with Crippen molar-refractivity contribution < 1.29 is 27.5 Å². The molecule has 0 unspecified atom stereocenters. The van der Waals surface area contributed by atoms with Crippen molar-refractivity contribution >= 4 is 29.2 Å². The van der Waals surface area contributed by atoms with Gasteiger partial charge in [0, 0.05) is 25.0 Å². The molecule has 0 aliphatic heterocycles. The molecule has 0 aliphatic rings. The number of hydrogen-bond acceptors (Lipinski definition) is 6. The number of carbonyl (C=O) groups is 2. The van der Waals surface area contributed by atoms with Gasteiger partial charge < -0.3 is 16.2 Å². The molecule has 24 heavy (non-hydrogen) atoms. The van der Waals surface area contributed by atoms with Crippen LogP contribution in [0.4, 0.5) is 13.2 Å². The van der Waals surface area contributed by atoms with Crippen molar-refractivity contribution in [1.29, 1.82) is 0 Å². The highest BCUT2D eigenvalue weighted by molar-refractivity contribution is 6.33. The van der Waals surface area contributed by atoms with Crippen molar-refractivity contribution in [2.24, 2.45) is 16.5 Å². The fourth-order valence-electron chi connectivity index (χ4n) is 1.49. The Kier molecular flexibility index (Phi) is 6.29. The van der Waals surface area contributed by atoms with Crippen molar-refractivity contribution in [3.8, 4) is 0 Å². The van der Waals surface area contributed by atoms with Crippen molar-refractivity contribution in [2.45, 2.75) is 6.18 Å². The summed E-state index contributed by atoms with van der Waals surface area (Å²) in [5.74, 6) is -3.05. The van der Waals surface area contributed by atoms with Crippen molar-refractivity contribution in [3.63, 3.8) is 0 Å². The summed E-state index contributed by atoms with van der Waals surface area (Å²) in [5, 5.41) is -0.00115. The Morgan fingerprint density at radius 3 is 2.50 bits per heavy atom. The zero-order chi connectivity index (χ0) is 18.5. The Morgan fingerprint density at radius 2 is 2.00 bits per heavy atom. The summed E-state index contributed by atoms with van der Waals surface area (Å²) in [4.78, 5) is 30.7. The van der Waals surface area contributed by atoms with Crippen LogP contribution in [0, 0.1) is 0 Å². The number of halogens is 4. The van der Waals surface area contributed by atoms with Gasteiger partial charge in [-0.25, -0.2) is 4.79 Å². The minimum atomic E-state index is -5.03. The predicted octanol–water partition coefficient (Wildman–Crippen LogP) is 1.22. The topological polar surface area (TPSA) is 121 Å². The minimum absolute atomic E-state index is 0.00115. The molecular weight excluding hydrogens is 353 g/mol. The third-order valence-electron chi connectivity index (χ3n) is 2.68. The molecule has 1 aromatic heterocycles. The number of ether oxygens (including phenoxy) is 1. The number of nitrogens with zero attached hydrogens (tertiary/aromatic N) is 2. The Hall–Kier alpha value is -2.62. The second-order valence-electron chi connectivity index (χ2n) is 4.25. The molecule has 7 nitrogen and oxygen atoms in total. The first-order valence-corrected chi connectivity index (χ1v) is 6.56. The van der Waals surface area contributed by atoms with Gasteiger partial charge in [0.25, 0.3) is 0 Å². The molecule has 0 atom stereocenters. The maximum atomic E-state index is 12.7. The first-order valence-electron chi connectivity index (χ1n) is 6.19. The number of aromatic nitrogens is 1. The molecule has 1 rings (SSSR count). The minimum Gasteiger partial charge on any atom is -0.454 e. The monoisotopic (exact) mass is 364 g/mol. The van der Waals surface area contributed by atoms with E-state index in [1.54, 1.807) is 0 Å². The van der Waals surface area contributed by atoms with Crippen LogP contribution in [0.3, 0.4) is 0 Å². The highest BCUT2D eigenvalue weighted by Gasteiger charge is 2.38. The zero-order valence-corrected chi connectivity index (χ0v) is 13.0. The average Bonchev–Trinajstić information content (AvgIpc) is 2.52. The van der Waals surface area contributed by atoms with Crippen LogP contribution in [-0.4, -0.2) is 42.4 Å². The van der Waals surface area contributed by atoms with Gasteiger partial charge in [-0.1, -0.05) is 11.6 Å². The molecule has 1 aromatic rings. The van der Waals surface area contributed by atoms with Crippen molar-refractivity contribution in [1.82, 2.24) is 4.98 Å². The molecule has 0 saturated carbocycles. The standard InChI is InChI=1S/C13H12ClF3N4O3/c1-20-11(19)9(10(18)13(15,16)17)12(23)24-5-8(22)6-2-3-21-4-7(6)14/h2-4H,5,18H2,1H3,(H2,19,20). The SMILES string of the molecule is CN=C(N)C(C(=O)OCC(=O)c1ccncc1Cl)=C(N)C(F)(F)F. The van der Waals surface area contributed by atoms with E-state index in [0.29, 0.717) is 0 Å². The van der Waals surface area contributed by atoms with Gasteiger partial charge in [0.1, 0.15) is 17.1 Å². The Morgan fingerprint density at radius 1 is 1.38 bits per heavy atom. The van der Waals surface area contributed by atoms with Crippen LogP contribution >= 0.6 is 11.6 Å². The fourth-order valence-corrected chi connectivity index (χ4v) is 1.71. The maximum absolute atomic E-state index is 12.7. The molecule has 0 spiro atoms. The van der Waals surface area contributed by atoms with Gasteiger partial charge in [-0.3, -0.25) is 14.8 Å². The van der Waals surface area contributed by atoms with Crippen LogP contribution < -0.4 is 11.5 Å². The van der Waals surface area contributed by atoms with Gasteiger partial charge in [0.05, 0.1) is 5.02 Å². The normalized spacial score (nSPS) is 13.3. The summed E-state index contributed by atoms with van der Waals surface area (Å²) in [6.45, 7) is -0.867. The number of esters is 1. The summed E-state index contributed by atoms with van der Waals surface area (Å²) >= 11 is 5.74. The van der Waals surface area contributed by atoms with E-state index in [1.165, 1.54) is 18.5 Å². The Labute approximate surface area is 139 Å². The first kappa shape index (κ1) is 19.4. The lowest BCUT2D eigenvalue weighted by atomic mass is 10.1. The quantitative estimate of drug-likeness (QED) is 0.266. The highest BCUT2D eigenvalue weighted by Crippen LogP contribution is 2.25. The molecule has 0 radical (unpaired) electrons. The summed E-state index contributed by atoms with van der Waals surface area (Å²) in [5.41, 5.74) is 7.20. The molecule has 0 saturated heterocycles. The summed E-state index contributed by atoms with van der Waals surface area (Å²) in [6.07, 6.45) is -2.57. The number of amidine groups is 1. The third-order valence-corrected chi connectivity index (χ3v) is 2.98. The van der Waals surface area contributed by atoms with E-state index in [-0.39, 0.29) is 10.6 Å². The van der Waals surface area contributed by atoms with Crippen LogP contribution in [0.1, 0.15) is 10.4 Å². The van der Waals surface area contributed by atoms with E-state index in [1.807, 2.05) is 0 Å². The highest BCUT2D eigenvalue weighted by atomic mass is 35.5. The second-order valence-corrected chi connectivity index (χ2v) is 4.66. The lowest BCUT2D eigenvalue weighted by Gasteiger charge is -2.13. The number of hydrogen-bond donors (Lipinski definition) is 2. The average molecular weight is 365 g/mol. The van der Waals surface area contributed by atoms with Crippen LogP contribution in [0.15, 0.2) is 34.7 Å². The largest absolute Gasteiger partial charge is 0.454 e. The van der Waals surface area contributed by atoms with Gasteiger partial charge in [-0.2, -0.15) is 13.2 Å². The molecule has 4 N–H and O–H groups in total. The third kappa shape index (κ3) is 4.69. The number of rotatable bonds is 5. The lowest BCUT2D eigenvalue weighted by molar-refractivity contribution is -0.138. The molecule has 0 amide bonds. The smallest absolute Gasteiger partial charge is 0.431 e. The van der Waals surface area contributed by atoms with E-state index in [0.717, 1.165) is 7.05 Å². The van der Waals surface area contributed by atoms with Gasteiger partial charge in [-0.15, -0.1) is 0 Å². The van der Waals surface area contributed by atoms with E-state index < -0.39 is 41.6 Å². The molecule has 1 heterocycles. The van der Waals surface area contributed by atoms with E-state index >= 15 is 0 Å². The van der Waals surface area contributed by atoms with Gasteiger partial charge in [-0.05, 0) is 6.07 Å². The first-order chi connectivity index (χ1) is 11.1. The zero-order valence-electron chi connectivity index (χ0n) is 12.2. The number of pyridine rings is 1. The number of carbonyl (C=O) groups excluding carboxylic acids is 2. The molecule has 0 bridgehead atoms. The summed E-state index contributed by atoms with van der Waals surface area (Å²) in [7, 11) is 1.06. The summed E-state index contributed by atoms with van der Waals surface area (Å²) in [6, 6.07) is 1.27. The molecular formula is C13H12ClF3N4O3. The molecule has 0 aromatic carbocycles. The maximum Gasteiger partial charge on any atom is 0.431 e. The number of Topliss-reactive ketones (excluding diaryl/α,β-unsaturated/α-hetero) is 1. The van der Waals surface area contributed by atoms with Gasteiger partial charge in [0.15, 0.2) is 6.61 Å². The number of ketones is 1. The fraction of sp³-hybridized carbons (Fsp3) is 0.231. The lowest BCUT2D eigenvalue weighted by Crippen LogP contribution is -2.33. The Bertz CT molecular complexity index is 717. The van der Waals surface area contributed by atoms with Crippen LogP contribution in [0.25, 0.3) is 0 Å². The number of allylic oxidation sites excluding steroid dienone is 1. The predicted molar refractivity (Wildman–Crippen MR) is 79.4 cm³/mol. The molecule has 130 valence electrons. The second kappa shape index (κ2) is 7.77. The van der Waals surface area contributed by atoms with E-state index in [9.17, 15) is 22.8 Å².